The van der Waals surface area contributed by atoms with Crippen LogP contribution < -0.4 is 5.32 Å². The van der Waals surface area contributed by atoms with Gasteiger partial charge in [0.15, 0.2) is 0 Å². The molecule has 90 valence electrons. The molecule has 1 heterocycles. The molecule has 1 aromatic heterocycles. The minimum atomic E-state index is 0.236. The summed E-state index contributed by atoms with van der Waals surface area (Å²) in [5.74, 6) is 1.55. The van der Waals surface area contributed by atoms with Crippen LogP contribution in [0, 0.1) is 6.92 Å². The summed E-state index contributed by atoms with van der Waals surface area (Å²) in [5, 5.41) is 4.10. The molecular weight excluding hydrogens is 236 g/mol. The van der Waals surface area contributed by atoms with Crippen LogP contribution in [0.25, 0.3) is 0 Å². The van der Waals surface area contributed by atoms with Crippen molar-refractivity contribution in [3.8, 4) is 0 Å². The van der Waals surface area contributed by atoms with E-state index in [2.05, 4.69) is 17.2 Å². The molecule has 1 aromatic carbocycles. The Morgan fingerprint density at radius 2 is 2.06 bits per heavy atom. The van der Waals surface area contributed by atoms with Gasteiger partial charge in [-0.1, -0.05) is 23.7 Å². The Hall–Kier alpha value is -1.32. The topological polar surface area (TPSA) is 38.1 Å². The number of aryl methyl sites for hydroxylation is 1. The lowest BCUT2D eigenvalue weighted by Gasteiger charge is -2.12. The number of oxazole rings is 1. The number of aromatic nitrogens is 1. The predicted molar refractivity (Wildman–Crippen MR) is 67.9 cm³/mol. The van der Waals surface area contributed by atoms with Crippen molar-refractivity contribution >= 4 is 11.6 Å². The summed E-state index contributed by atoms with van der Waals surface area (Å²) in [7, 11) is 0. The molecule has 0 saturated heterocycles. The molecule has 0 saturated carbocycles. The predicted octanol–water partition coefficient (Wildman–Crippen LogP) is 3.49. The van der Waals surface area contributed by atoms with Crippen LogP contribution in [0.5, 0.6) is 0 Å². The molecule has 0 bridgehead atoms. The van der Waals surface area contributed by atoms with E-state index < -0.39 is 0 Å². The summed E-state index contributed by atoms with van der Waals surface area (Å²) in [5.41, 5.74) is 1.19. The Balaban J connectivity index is 1.93. The van der Waals surface area contributed by atoms with Gasteiger partial charge in [0.25, 0.3) is 0 Å². The van der Waals surface area contributed by atoms with Gasteiger partial charge in [0.05, 0.1) is 12.7 Å². The van der Waals surface area contributed by atoms with E-state index in [9.17, 15) is 0 Å². The Labute approximate surface area is 106 Å². The summed E-state index contributed by atoms with van der Waals surface area (Å²) >= 11 is 5.85. The van der Waals surface area contributed by atoms with Gasteiger partial charge in [0, 0.05) is 11.1 Å². The Morgan fingerprint density at radius 3 is 2.65 bits per heavy atom. The van der Waals surface area contributed by atoms with E-state index in [1.54, 1.807) is 6.20 Å². The van der Waals surface area contributed by atoms with Crippen LogP contribution in [-0.2, 0) is 6.54 Å². The van der Waals surface area contributed by atoms with Crippen LogP contribution in [0.1, 0.15) is 30.2 Å². The maximum atomic E-state index is 5.85. The second-order valence-corrected chi connectivity index (χ2v) is 4.46. The largest absolute Gasteiger partial charge is 0.445 e. The first kappa shape index (κ1) is 12.1. The van der Waals surface area contributed by atoms with Gasteiger partial charge in [0.1, 0.15) is 5.76 Å². The van der Waals surface area contributed by atoms with E-state index in [1.165, 1.54) is 5.56 Å². The lowest BCUT2D eigenvalue weighted by Crippen LogP contribution is -2.18. The van der Waals surface area contributed by atoms with Gasteiger partial charge >= 0.3 is 0 Å². The third-order valence-electron chi connectivity index (χ3n) is 2.60. The molecule has 17 heavy (non-hydrogen) atoms. The molecule has 0 amide bonds. The molecule has 0 spiro atoms. The summed E-state index contributed by atoms with van der Waals surface area (Å²) in [6.07, 6.45) is 1.73. The maximum absolute atomic E-state index is 5.85. The SMILES string of the molecule is Cc1cnc(CNC(C)c2ccc(Cl)cc2)o1. The van der Waals surface area contributed by atoms with E-state index in [-0.39, 0.29) is 6.04 Å². The molecule has 2 aromatic rings. The van der Waals surface area contributed by atoms with Crippen molar-refractivity contribution in [1.82, 2.24) is 10.3 Å². The molecule has 3 nitrogen and oxygen atoms in total. The first-order valence-electron chi connectivity index (χ1n) is 5.55. The average Bonchev–Trinajstić information content (AvgIpc) is 2.73. The van der Waals surface area contributed by atoms with Crippen molar-refractivity contribution in [2.45, 2.75) is 26.4 Å². The summed E-state index contributed by atoms with van der Waals surface area (Å²) in [6.45, 7) is 4.61. The highest BCUT2D eigenvalue weighted by molar-refractivity contribution is 6.30. The van der Waals surface area contributed by atoms with Gasteiger partial charge in [-0.25, -0.2) is 4.98 Å². The second kappa shape index (κ2) is 5.34. The molecule has 4 heteroatoms. The number of nitrogens with zero attached hydrogens (tertiary/aromatic N) is 1. The smallest absolute Gasteiger partial charge is 0.208 e. The fraction of sp³-hybridized carbons (Fsp3) is 0.308. The summed E-state index contributed by atoms with van der Waals surface area (Å²) in [6, 6.07) is 8.05. The van der Waals surface area contributed by atoms with Crippen LogP contribution in [-0.4, -0.2) is 4.98 Å². The summed E-state index contributed by atoms with van der Waals surface area (Å²) < 4.78 is 5.39. The molecule has 1 atom stereocenters. The monoisotopic (exact) mass is 250 g/mol. The number of halogens is 1. The number of hydrogen-bond acceptors (Lipinski definition) is 3. The first-order chi connectivity index (χ1) is 8.15. The molecule has 1 N–H and O–H groups in total. The van der Waals surface area contributed by atoms with Crippen LogP contribution in [0.2, 0.25) is 5.02 Å². The molecule has 0 aliphatic heterocycles. The summed E-state index contributed by atoms with van der Waals surface area (Å²) in [4.78, 5) is 4.15. The van der Waals surface area contributed by atoms with Crippen molar-refractivity contribution in [3.63, 3.8) is 0 Å². The van der Waals surface area contributed by atoms with Crippen LogP contribution in [0.15, 0.2) is 34.9 Å². The van der Waals surface area contributed by atoms with E-state index >= 15 is 0 Å². The van der Waals surface area contributed by atoms with Crippen LogP contribution in [0.3, 0.4) is 0 Å². The number of nitrogens with one attached hydrogen (secondary N) is 1. The molecule has 0 aliphatic carbocycles. The Morgan fingerprint density at radius 1 is 1.35 bits per heavy atom. The van der Waals surface area contributed by atoms with Crippen molar-refractivity contribution < 1.29 is 4.42 Å². The quantitative estimate of drug-likeness (QED) is 0.903. The van der Waals surface area contributed by atoms with Crippen molar-refractivity contribution in [2.24, 2.45) is 0 Å². The van der Waals surface area contributed by atoms with E-state index in [4.69, 9.17) is 16.0 Å². The highest BCUT2D eigenvalue weighted by Crippen LogP contribution is 2.16. The third kappa shape index (κ3) is 3.32. The van der Waals surface area contributed by atoms with Gasteiger partial charge in [-0.05, 0) is 31.5 Å². The molecule has 1 unspecified atom stereocenters. The Kier molecular flexibility index (Phi) is 3.82. The fourth-order valence-electron chi connectivity index (χ4n) is 1.59. The molecular formula is C13H15ClN2O. The van der Waals surface area contributed by atoms with Crippen molar-refractivity contribution in [2.75, 3.05) is 0 Å². The zero-order valence-electron chi connectivity index (χ0n) is 9.90. The third-order valence-corrected chi connectivity index (χ3v) is 2.85. The molecule has 0 radical (unpaired) electrons. The minimum Gasteiger partial charge on any atom is -0.445 e. The van der Waals surface area contributed by atoms with Crippen molar-refractivity contribution in [1.29, 1.82) is 0 Å². The highest BCUT2D eigenvalue weighted by Gasteiger charge is 2.06. The van der Waals surface area contributed by atoms with Gasteiger partial charge in [-0.15, -0.1) is 0 Å². The first-order valence-corrected chi connectivity index (χ1v) is 5.93. The van der Waals surface area contributed by atoms with Gasteiger partial charge in [-0.2, -0.15) is 0 Å². The number of benzene rings is 1. The lowest BCUT2D eigenvalue weighted by molar-refractivity contribution is 0.432. The van der Waals surface area contributed by atoms with Gasteiger partial charge in [0.2, 0.25) is 5.89 Å². The van der Waals surface area contributed by atoms with E-state index in [0.717, 1.165) is 10.8 Å². The van der Waals surface area contributed by atoms with Crippen molar-refractivity contribution in [3.05, 3.63) is 52.7 Å². The molecule has 0 fully saturated rings. The van der Waals surface area contributed by atoms with Gasteiger partial charge < -0.3 is 9.73 Å². The van der Waals surface area contributed by atoms with Gasteiger partial charge in [-0.3, -0.25) is 0 Å². The minimum absolute atomic E-state index is 0.236. The average molecular weight is 251 g/mol. The van der Waals surface area contributed by atoms with Crippen LogP contribution >= 0.6 is 11.6 Å². The molecule has 2 rings (SSSR count). The standard InChI is InChI=1S/C13H15ClN2O/c1-9-7-16-13(17-9)8-15-10(2)11-3-5-12(14)6-4-11/h3-7,10,15H,8H2,1-2H3. The maximum Gasteiger partial charge on any atom is 0.208 e. The lowest BCUT2D eigenvalue weighted by atomic mass is 10.1. The highest BCUT2D eigenvalue weighted by atomic mass is 35.5. The number of hydrogen-bond donors (Lipinski definition) is 1. The zero-order valence-corrected chi connectivity index (χ0v) is 10.7. The Bertz CT molecular complexity index is 478. The fourth-order valence-corrected chi connectivity index (χ4v) is 1.72. The zero-order chi connectivity index (χ0) is 12.3. The van der Waals surface area contributed by atoms with Crippen LogP contribution in [0.4, 0.5) is 0 Å². The number of rotatable bonds is 4. The second-order valence-electron chi connectivity index (χ2n) is 4.02. The van der Waals surface area contributed by atoms with E-state index in [0.29, 0.717) is 12.4 Å². The normalized spacial score (nSPS) is 12.6. The molecule has 0 aliphatic rings. The van der Waals surface area contributed by atoms with E-state index in [1.807, 2.05) is 31.2 Å².